The van der Waals surface area contributed by atoms with Gasteiger partial charge in [0, 0.05) is 65.2 Å². The normalized spacial score (nSPS) is 16.6. The van der Waals surface area contributed by atoms with E-state index in [1.165, 1.54) is 4.31 Å². The van der Waals surface area contributed by atoms with Crippen molar-refractivity contribution >= 4 is 27.8 Å². The molecule has 2 heterocycles. The second-order valence-corrected chi connectivity index (χ2v) is 10.2. The van der Waals surface area contributed by atoms with Gasteiger partial charge in [-0.1, -0.05) is 18.2 Å². The van der Waals surface area contributed by atoms with Gasteiger partial charge in [0.15, 0.2) is 0 Å². The zero-order valence-corrected chi connectivity index (χ0v) is 20.6. The number of halogens is 3. The molecule has 1 aromatic carbocycles. The van der Waals surface area contributed by atoms with E-state index in [2.05, 4.69) is 5.32 Å². The molecular formula is C22H31F3N4O6S. The first-order valence-corrected chi connectivity index (χ1v) is 13.0. The minimum Gasteiger partial charge on any atom is -0.475 e. The Bertz CT molecular complexity index is 985. The monoisotopic (exact) mass is 536 g/mol. The molecule has 2 fully saturated rings. The highest BCUT2D eigenvalue weighted by atomic mass is 32.2. The number of amides is 2. The van der Waals surface area contributed by atoms with Crippen LogP contribution in [0.1, 0.15) is 25.7 Å². The van der Waals surface area contributed by atoms with Crippen molar-refractivity contribution in [2.45, 2.75) is 36.8 Å². The van der Waals surface area contributed by atoms with Gasteiger partial charge < -0.3 is 20.2 Å². The number of carbonyl (C=O) groups excluding carboxylic acids is 2. The lowest BCUT2D eigenvalue weighted by atomic mass is 10.3. The van der Waals surface area contributed by atoms with Crippen LogP contribution in [-0.2, 0) is 24.4 Å². The molecule has 2 aliphatic rings. The highest BCUT2D eigenvalue weighted by Crippen LogP contribution is 2.18. The molecule has 0 aliphatic carbocycles. The molecule has 0 spiro atoms. The van der Waals surface area contributed by atoms with Crippen LogP contribution >= 0.6 is 0 Å². The van der Waals surface area contributed by atoms with E-state index in [-0.39, 0.29) is 36.2 Å². The molecule has 14 heteroatoms. The smallest absolute Gasteiger partial charge is 0.475 e. The van der Waals surface area contributed by atoms with Crippen molar-refractivity contribution in [2.24, 2.45) is 0 Å². The van der Waals surface area contributed by atoms with E-state index in [9.17, 15) is 31.2 Å². The summed E-state index contributed by atoms with van der Waals surface area (Å²) in [4.78, 5) is 37.0. The van der Waals surface area contributed by atoms with Gasteiger partial charge in [-0.25, -0.2) is 13.2 Å². The Morgan fingerprint density at radius 1 is 1.06 bits per heavy atom. The van der Waals surface area contributed by atoms with Crippen molar-refractivity contribution in [1.29, 1.82) is 0 Å². The highest BCUT2D eigenvalue weighted by molar-refractivity contribution is 7.89. The minimum atomic E-state index is -5.08. The lowest BCUT2D eigenvalue weighted by Gasteiger charge is -2.29. The summed E-state index contributed by atoms with van der Waals surface area (Å²) >= 11 is 0. The second kappa shape index (κ2) is 13.6. The summed E-state index contributed by atoms with van der Waals surface area (Å²) in [6.07, 6.45) is -2.93. The molecule has 0 radical (unpaired) electrons. The number of benzene rings is 1. The first-order valence-electron chi connectivity index (χ1n) is 11.5. The molecular weight excluding hydrogens is 505 g/mol. The lowest BCUT2D eigenvalue weighted by Crippen LogP contribution is -2.47. The summed E-state index contributed by atoms with van der Waals surface area (Å²) in [5.41, 5.74) is 0. The van der Waals surface area contributed by atoms with Crippen LogP contribution in [0.4, 0.5) is 13.2 Å². The number of sulfonamides is 1. The fraction of sp³-hybridized carbons (Fsp3) is 0.591. The van der Waals surface area contributed by atoms with Gasteiger partial charge in [0.05, 0.1) is 4.90 Å². The zero-order valence-electron chi connectivity index (χ0n) is 19.7. The van der Waals surface area contributed by atoms with Crippen LogP contribution in [0, 0.1) is 0 Å². The van der Waals surface area contributed by atoms with Crippen molar-refractivity contribution in [3.8, 4) is 0 Å². The van der Waals surface area contributed by atoms with Gasteiger partial charge in [-0.3, -0.25) is 9.59 Å². The van der Waals surface area contributed by atoms with Crippen LogP contribution in [0.5, 0.6) is 0 Å². The second-order valence-electron chi connectivity index (χ2n) is 8.24. The molecule has 202 valence electrons. The van der Waals surface area contributed by atoms with E-state index in [1.54, 1.807) is 40.1 Å². The van der Waals surface area contributed by atoms with Gasteiger partial charge in [-0.05, 0) is 25.0 Å². The number of hydrogen-bond donors (Lipinski definition) is 2. The van der Waals surface area contributed by atoms with Crippen molar-refractivity contribution in [2.75, 3.05) is 52.4 Å². The molecule has 2 amide bonds. The summed E-state index contributed by atoms with van der Waals surface area (Å²) in [5, 5.41) is 10.3. The molecule has 0 unspecified atom stereocenters. The topological polar surface area (TPSA) is 127 Å². The Hall–Kier alpha value is -2.71. The Kier molecular flexibility index (Phi) is 11.1. The van der Waals surface area contributed by atoms with Gasteiger partial charge >= 0.3 is 12.1 Å². The predicted molar refractivity (Wildman–Crippen MR) is 123 cm³/mol. The summed E-state index contributed by atoms with van der Waals surface area (Å²) in [7, 11) is -3.69. The maximum atomic E-state index is 13.1. The molecule has 0 aromatic heterocycles. The maximum absolute atomic E-state index is 13.1. The standard InChI is InChI=1S/C20H30N4O4S.C2HF3O2/c25-19-8-4-12-22(19)13-5-14-24(29(27,28)18-6-2-1-3-7-18)15-9-20(26)23-16-10-21-11-17-23;3-2(4,5)1(6)7/h1-3,6-7,21H,4-5,8-17H2;(H,6,7). The van der Waals surface area contributed by atoms with E-state index in [4.69, 9.17) is 9.90 Å². The molecule has 1 aromatic rings. The van der Waals surface area contributed by atoms with Gasteiger partial charge in [0.25, 0.3) is 0 Å². The van der Waals surface area contributed by atoms with Gasteiger partial charge in [0.2, 0.25) is 21.8 Å². The van der Waals surface area contributed by atoms with E-state index < -0.39 is 22.2 Å². The first-order chi connectivity index (χ1) is 16.9. The number of hydrogen-bond acceptors (Lipinski definition) is 6. The number of rotatable bonds is 9. The van der Waals surface area contributed by atoms with E-state index in [0.717, 1.165) is 26.1 Å². The summed E-state index contributed by atoms with van der Waals surface area (Å²) < 4.78 is 59.4. The van der Waals surface area contributed by atoms with Crippen molar-refractivity contribution in [1.82, 2.24) is 19.4 Å². The third-order valence-electron chi connectivity index (χ3n) is 5.68. The fourth-order valence-corrected chi connectivity index (χ4v) is 5.27. The molecule has 2 saturated heterocycles. The number of carboxylic acid groups (broad SMARTS) is 1. The molecule has 0 atom stereocenters. The third kappa shape index (κ3) is 9.06. The molecule has 2 aliphatic heterocycles. The minimum absolute atomic E-state index is 0.0190. The number of carboxylic acids is 1. The average Bonchev–Trinajstić information content (AvgIpc) is 3.26. The zero-order chi connectivity index (χ0) is 26.8. The molecule has 10 nitrogen and oxygen atoms in total. The maximum Gasteiger partial charge on any atom is 0.490 e. The van der Waals surface area contributed by atoms with Crippen LogP contribution in [0.3, 0.4) is 0 Å². The summed E-state index contributed by atoms with van der Waals surface area (Å²) in [5.74, 6) is -2.64. The van der Waals surface area contributed by atoms with Gasteiger partial charge in [-0.2, -0.15) is 17.5 Å². The van der Waals surface area contributed by atoms with Crippen LogP contribution < -0.4 is 5.32 Å². The van der Waals surface area contributed by atoms with Crippen molar-refractivity contribution in [3.05, 3.63) is 30.3 Å². The molecule has 3 rings (SSSR count). The van der Waals surface area contributed by atoms with E-state index >= 15 is 0 Å². The number of nitrogens with one attached hydrogen (secondary N) is 1. The lowest BCUT2D eigenvalue weighted by molar-refractivity contribution is -0.192. The van der Waals surface area contributed by atoms with E-state index in [1.807, 2.05) is 0 Å². The van der Waals surface area contributed by atoms with E-state index in [0.29, 0.717) is 32.5 Å². The number of aliphatic carboxylic acids is 1. The Morgan fingerprint density at radius 3 is 2.19 bits per heavy atom. The Morgan fingerprint density at radius 2 is 1.67 bits per heavy atom. The molecule has 2 N–H and O–H groups in total. The number of likely N-dealkylation sites (tertiary alicyclic amines) is 1. The number of piperazine rings is 1. The third-order valence-corrected chi connectivity index (χ3v) is 7.59. The van der Waals surface area contributed by atoms with Crippen LogP contribution in [0.2, 0.25) is 0 Å². The Balaban J connectivity index is 0.000000572. The van der Waals surface area contributed by atoms with Crippen LogP contribution in [0.15, 0.2) is 35.2 Å². The van der Waals surface area contributed by atoms with Crippen molar-refractivity contribution < 1.29 is 41.1 Å². The molecule has 36 heavy (non-hydrogen) atoms. The fourth-order valence-electron chi connectivity index (χ4n) is 3.76. The predicted octanol–water partition coefficient (Wildman–Crippen LogP) is 1.15. The largest absolute Gasteiger partial charge is 0.490 e. The first kappa shape index (κ1) is 29.5. The highest BCUT2D eigenvalue weighted by Gasteiger charge is 2.38. The van der Waals surface area contributed by atoms with Crippen molar-refractivity contribution in [3.63, 3.8) is 0 Å². The number of alkyl halides is 3. The summed E-state index contributed by atoms with van der Waals surface area (Å²) in [6.45, 7) is 4.56. The Labute approximate surface area is 208 Å². The van der Waals surface area contributed by atoms with Crippen LogP contribution in [-0.4, -0.2) is 104 Å². The average molecular weight is 537 g/mol. The number of carbonyl (C=O) groups is 3. The molecule has 0 bridgehead atoms. The quantitative estimate of drug-likeness (QED) is 0.485. The van der Waals surface area contributed by atoms with Crippen LogP contribution in [0.25, 0.3) is 0 Å². The SMILES string of the molecule is O=C(O)C(F)(F)F.O=C1CCCN1CCCN(CCC(=O)N1CCNCC1)S(=O)(=O)c1ccccc1. The number of nitrogens with zero attached hydrogens (tertiary/aromatic N) is 3. The molecule has 0 saturated carbocycles. The van der Waals surface area contributed by atoms with Gasteiger partial charge in [0.1, 0.15) is 0 Å². The van der Waals surface area contributed by atoms with Gasteiger partial charge in [-0.15, -0.1) is 0 Å². The summed E-state index contributed by atoms with van der Waals surface area (Å²) in [6, 6.07) is 8.31.